The Morgan fingerprint density at radius 2 is 1.86 bits per heavy atom. The third kappa shape index (κ3) is 4.59. The van der Waals surface area contributed by atoms with Gasteiger partial charge in [-0.3, -0.25) is 9.59 Å². The maximum atomic E-state index is 13.1. The van der Waals surface area contributed by atoms with Crippen molar-refractivity contribution in [1.29, 1.82) is 0 Å². The van der Waals surface area contributed by atoms with Gasteiger partial charge in [-0.2, -0.15) is 0 Å². The molecule has 0 aliphatic carbocycles. The highest BCUT2D eigenvalue weighted by Crippen LogP contribution is 2.43. The minimum Gasteiger partial charge on any atom is -0.496 e. The normalized spacial score (nSPS) is 19.1. The van der Waals surface area contributed by atoms with E-state index in [1.54, 1.807) is 12.0 Å². The van der Waals surface area contributed by atoms with Gasteiger partial charge in [0.05, 0.1) is 19.1 Å². The van der Waals surface area contributed by atoms with Crippen molar-refractivity contribution in [3.05, 3.63) is 59.7 Å². The molecule has 0 spiro atoms. The van der Waals surface area contributed by atoms with E-state index in [0.717, 1.165) is 16.8 Å². The number of piperidine rings is 1. The quantitative estimate of drug-likeness (QED) is 0.708. The number of carbonyl (C=O) groups excluding carboxylic acids is 2. The molecule has 2 atom stereocenters. The minimum atomic E-state index is -0.426. The maximum absolute atomic E-state index is 13.1. The second-order valence-corrected chi connectivity index (χ2v) is 7.33. The first kappa shape index (κ1) is 20.9. The number of ether oxygens (including phenoxy) is 1. The van der Waals surface area contributed by atoms with Crippen molar-refractivity contribution in [1.82, 2.24) is 10.6 Å². The molecule has 1 fully saturated rings. The van der Waals surface area contributed by atoms with Gasteiger partial charge in [0.25, 0.3) is 0 Å². The summed E-state index contributed by atoms with van der Waals surface area (Å²) in [5, 5.41) is 6.04. The predicted octanol–water partition coefficient (Wildman–Crippen LogP) is 2.82. The Morgan fingerprint density at radius 3 is 2.55 bits per heavy atom. The van der Waals surface area contributed by atoms with E-state index in [1.165, 1.54) is 0 Å². The third-order valence-electron chi connectivity index (χ3n) is 5.38. The fourth-order valence-corrected chi connectivity index (χ4v) is 3.89. The second-order valence-electron chi connectivity index (χ2n) is 7.33. The summed E-state index contributed by atoms with van der Waals surface area (Å²) in [4.78, 5) is 27.9. The molecule has 2 aromatic carbocycles. The van der Waals surface area contributed by atoms with Crippen LogP contribution in [-0.2, 0) is 9.59 Å². The zero-order chi connectivity index (χ0) is 20.8. The number of aryl methyl sites for hydroxylation is 1. The largest absolute Gasteiger partial charge is 0.496 e. The number of rotatable bonds is 7. The number of likely N-dealkylation sites (N-methyl/N-ethyl adjacent to an activating group) is 1. The first-order valence-corrected chi connectivity index (χ1v) is 10.0. The number of benzene rings is 2. The number of carbonyl (C=O) groups is 2. The molecule has 154 valence electrons. The van der Waals surface area contributed by atoms with E-state index in [9.17, 15) is 9.59 Å². The summed E-state index contributed by atoms with van der Waals surface area (Å²) in [6, 6.07) is 15.1. The highest BCUT2D eigenvalue weighted by atomic mass is 16.5. The van der Waals surface area contributed by atoms with E-state index in [4.69, 9.17) is 4.74 Å². The molecule has 0 bridgehead atoms. The van der Waals surface area contributed by atoms with E-state index >= 15 is 0 Å². The lowest BCUT2D eigenvalue weighted by molar-refractivity contribution is -0.129. The number of nitrogens with zero attached hydrogens (tertiary/aromatic N) is 1. The van der Waals surface area contributed by atoms with Gasteiger partial charge in [-0.1, -0.05) is 35.9 Å². The predicted molar refractivity (Wildman–Crippen MR) is 114 cm³/mol. The maximum Gasteiger partial charge on any atom is 0.227 e. The van der Waals surface area contributed by atoms with Crippen LogP contribution in [0.1, 0.15) is 30.0 Å². The van der Waals surface area contributed by atoms with Crippen LogP contribution in [0.15, 0.2) is 48.5 Å². The molecule has 1 saturated heterocycles. The molecular formula is C23H29N3O3. The lowest BCUT2D eigenvalue weighted by Crippen LogP contribution is -2.49. The fourth-order valence-electron chi connectivity index (χ4n) is 3.89. The summed E-state index contributed by atoms with van der Waals surface area (Å²) >= 11 is 0. The first-order chi connectivity index (χ1) is 14.1. The molecule has 2 aromatic rings. The number of hydrogen-bond donors (Lipinski definition) is 2. The molecule has 2 unspecified atom stereocenters. The van der Waals surface area contributed by atoms with Gasteiger partial charge in [0.2, 0.25) is 11.8 Å². The van der Waals surface area contributed by atoms with Crippen molar-refractivity contribution >= 4 is 17.5 Å². The van der Waals surface area contributed by atoms with E-state index in [2.05, 4.69) is 10.6 Å². The Kier molecular flexibility index (Phi) is 6.88. The second kappa shape index (κ2) is 9.56. The van der Waals surface area contributed by atoms with Crippen LogP contribution < -0.4 is 20.3 Å². The van der Waals surface area contributed by atoms with Crippen molar-refractivity contribution in [3.63, 3.8) is 0 Å². The Balaban J connectivity index is 2.05. The smallest absolute Gasteiger partial charge is 0.227 e. The number of amides is 2. The molecule has 1 aliphatic rings. The molecule has 6 heteroatoms. The molecule has 2 amide bonds. The van der Waals surface area contributed by atoms with Gasteiger partial charge in [-0.25, -0.2) is 0 Å². The molecule has 2 N–H and O–H groups in total. The molecule has 1 heterocycles. The topological polar surface area (TPSA) is 70.7 Å². The van der Waals surface area contributed by atoms with Crippen LogP contribution >= 0.6 is 0 Å². The highest BCUT2D eigenvalue weighted by Gasteiger charge is 2.42. The van der Waals surface area contributed by atoms with Gasteiger partial charge in [0, 0.05) is 30.8 Å². The first-order valence-electron chi connectivity index (χ1n) is 10.0. The zero-order valence-electron chi connectivity index (χ0n) is 17.3. The SMILES string of the molecule is CNCCNC(=O)C1CCC(=O)N(c2ccc(C)cc2)C1c1ccccc1OC. The Bertz CT molecular complexity index is 851. The van der Waals surface area contributed by atoms with Crippen LogP contribution in [-0.4, -0.2) is 39.1 Å². The minimum absolute atomic E-state index is 0.0176. The summed E-state index contributed by atoms with van der Waals surface area (Å²) in [6.45, 7) is 3.25. The Morgan fingerprint density at radius 1 is 1.14 bits per heavy atom. The van der Waals surface area contributed by atoms with E-state index in [0.29, 0.717) is 31.7 Å². The van der Waals surface area contributed by atoms with Crippen molar-refractivity contribution in [2.24, 2.45) is 5.92 Å². The number of anilines is 1. The van der Waals surface area contributed by atoms with Crippen molar-refractivity contribution in [2.75, 3.05) is 32.1 Å². The van der Waals surface area contributed by atoms with Crippen LogP contribution in [0, 0.1) is 12.8 Å². The van der Waals surface area contributed by atoms with E-state index in [1.807, 2.05) is 62.5 Å². The summed E-state index contributed by atoms with van der Waals surface area (Å²) in [6.07, 6.45) is 0.846. The van der Waals surface area contributed by atoms with Gasteiger partial charge >= 0.3 is 0 Å². The molecule has 0 radical (unpaired) electrons. The zero-order valence-corrected chi connectivity index (χ0v) is 17.3. The number of methoxy groups -OCH3 is 1. The molecular weight excluding hydrogens is 366 g/mol. The van der Waals surface area contributed by atoms with Crippen LogP contribution in [0.5, 0.6) is 5.75 Å². The number of hydrogen-bond acceptors (Lipinski definition) is 4. The summed E-state index contributed by atoms with van der Waals surface area (Å²) in [5.74, 6) is 0.296. The molecule has 0 saturated carbocycles. The standard InChI is InChI=1S/C23H29N3O3/c1-16-8-10-17(11-9-16)26-21(27)13-12-19(23(28)25-15-14-24-2)22(26)18-6-4-5-7-20(18)29-3/h4-11,19,22,24H,12-15H2,1-3H3,(H,25,28). The van der Waals surface area contributed by atoms with Crippen LogP contribution in [0.4, 0.5) is 5.69 Å². The van der Waals surface area contributed by atoms with Crippen LogP contribution in [0.2, 0.25) is 0 Å². The van der Waals surface area contributed by atoms with Crippen LogP contribution in [0.25, 0.3) is 0 Å². The van der Waals surface area contributed by atoms with Gasteiger partial charge < -0.3 is 20.3 Å². The van der Waals surface area contributed by atoms with Gasteiger partial charge in [0.1, 0.15) is 5.75 Å². The summed E-state index contributed by atoms with van der Waals surface area (Å²) in [7, 11) is 3.46. The average molecular weight is 396 g/mol. The summed E-state index contributed by atoms with van der Waals surface area (Å²) in [5.41, 5.74) is 2.76. The molecule has 6 nitrogen and oxygen atoms in total. The number of para-hydroxylation sites is 1. The number of nitrogens with one attached hydrogen (secondary N) is 2. The van der Waals surface area contributed by atoms with Crippen molar-refractivity contribution in [3.8, 4) is 5.75 Å². The van der Waals surface area contributed by atoms with E-state index in [-0.39, 0.29) is 17.7 Å². The lowest BCUT2D eigenvalue weighted by atomic mass is 9.82. The molecule has 0 aromatic heterocycles. The Hall–Kier alpha value is -2.86. The molecule has 29 heavy (non-hydrogen) atoms. The summed E-state index contributed by atoms with van der Waals surface area (Å²) < 4.78 is 5.58. The highest BCUT2D eigenvalue weighted by molar-refractivity contribution is 5.97. The molecule has 3 rings (SSSR count). The molecule has 1 aliphatic heterocycles. The monoisotopic (exact) mass is 395 g/mol. The van der Waals surface area contributed by atoms with Crippen LogP contribution in [0.3, 0.4) is 0 Å². The van der Waals surface area contributed by atoms with Crippen molar-refractivity contribution in [2.45, 2.75) is 25.8 Å². The van der Waals surface area contributed by atoms with Gasteiger partial charge in [-0.05, 0) is 38.6 Å². The van der Waals surface area contributed by atoms with Gasteiger partial charge in [0.15, 0.2) is 0 Å². The third-order valence-corrected chi connectivity index (χ3v) is 5.38. The Labute approximate surface area is 172 Å². The lowest BCUT2D eigenvalue weighted by Gasteiger charge is -2.41. The average Bonchev–Trinajstić information content (AvgIpc) is 2.74. The van der Waals surface area contributed by atoms with Crippen molar-refractivity contribution < 1.29 is 14.3 Å². The fraction of sp³-hybridized carbons (Fsp3) is 0.391. The van der Waals surface area contributed by atoms with E-state index < -0.39 is 6.04 Å². The van der Waals surface area contributed by atoms with Gasteiger partial charge in [-0.15, -0.1) is 0 Å².